The van der Waals surface area contributed by atoms with E-state index in [0.717, 1.165) is 37.0 Å². The number of hydrogen-bond donors (Lipinski definition) is 2. The summed E-state index contributed by atoms with van der Waals surface area (Å²) >= 11 is 0. The van der Waals surface area contributed by atoms with E-state index in [1.54, 1.807) is 11.0 Å². The van der Waals surface area contributed by atoms with Crippen molar-refractivity contribution in [3.05, 3.63) is 94.8 Å². The summed E-state index contributed by atoms with van der Waals surface area (Å²) in [6.07, 6.45) is 2.28. The number of rotatable bonds is 5. The van der Waals surface area contributed by atoms with Crippen LogP contribution in [-0.4, -0.2) is 34.9 Å². The van der Waals surface area contributed by atoms with Crippen molar-refractivity contribution in [2.24, 2.45) is 5.92 Å². The summed E-state index contributed by atoms with van der Waals surface area (Å²) < 4.78 is 40.1. The lowest BCUT2D eigenvalue weighted by atomic mass is 9.90. The summed E-state index contributed by atoms with van der Waals surface area (Å²) in [4.78, 5) is 26.8. The van der Waals surface area contributed by atoms with Crippen molar-refractivity contribution in [3.63, 3.8) is 0 Å². The van der Waals surface area contributed by atoms with E-state index in [9.17, 15) is 27.9 Å². The van der Waals surface area contributed by atoms with Gasteiger partial charge >= 0.3 is 0 Å². The molecule has 34 heavy (non-hydrogen) atoms. The maximum absolute atomic E-state index is 13.4. The Balaban J connectivity index is 1.36. The van der Waals surface area contributed by atoms with Crippen molar-refractivity contribution in [1.29, 1.82) is 0 Å². The Hall–Kier alpha value is -3.81. The number of nitrogens with one attached hydrogen (secondary N) is 1. The third-order valence-electron chi connectivity index (χ3n) is 5.93. The van der Waals surface area contributed by atoms with Gasteiger partial charge in [0.2, 0.25) is 0 Å². The van der Waals surface area contributed by atoms with E-state index in [2.05, 4.69) is 5.32 Å². The van der Waals surface area contributed by atoms with Crippen LogP contribution in [0.4, 0.5) is 18.9 Å². The van der Waals surface area contributed by atoms with Gasteiger partial charge in [-0.3, -0.25) is 9.59 Å². The second-order valence-electron chi connectivity index (χ2n) is 8.41. The van der Waals surface area contributed by atoms with Gasteiger partial charge in [0, 0.05) is 36.5 Å². The molecule has 8 heteroatoms. The zero-order chi connectivity index (χ0) is 24.2. The second kappa shape index (κ2) is 9.99. The molecule has 0 radical (unpaired) electrons. The van der Waals surface area contributed by atoms with Gasteiger partial charge in [-0.25, -0.2) is 13.2 Å². The Morgan fingerprint density at radius 1 is 0.912 bits per heavy atom. The molecule has 0 unspecified atom stereocenters. The minimum atomic E-state index is -0.881. The predicted molar refractivity (Wildman–Crippen MR) is 121 cm³/mol. The molecule has 3 aromatic rings. The first-order valence-electron chi connectivity index (χ1n) is 10.9. The highest BCUT2D eigenvalue weighted by molar-refractivity contribution is 6.05. The quantitative estimate of drug-likeness (QED) is 0.544. The van der Waals surface area contributed by atoms with Crippen molar-refractivity contribution in [2.75, 3.05) is 18.4 Å². The Labute approximate surface area is 194 Å². The van der Waals surface area contributed by atoms with Crippen molar-refractivity contribution in [1.82, 2.24) is 4.90 Å². The standard InChI is InChI=1S/C26H23F3N2O3/c27-19-3-1-2-17(11-19)10-16-6-8-31(9-7-16)26(34)23-5-4-22(15-24(23)32)30-25(33)18-12-20(28)14-21(29)13-18/h1-5,11-16,32H,6-10H2,(H,30,33). The minimum Gasteiger partial charge on any atom is -0.507 e. The van der Waals surface area contributed by atoms with Crippen molar-refractivity contribution in [3.8, 4) is 5.75 Å². The van der Waals surface area contributed by atoms with E-state index < -0.39 is 17.5 Å². The minimum absolute atomic E-state index is 0.0957. The van der Waals surface area contributed by atoms with Crippen LogP contribution in [-0.2, 0) is 6.42 Å². The van der Waals surface area contributed by atoms with Crippen LogP contribution in [0.1, 0.15) is 39.1 Å². The number of carbonyl (C=O) groups is 2. The number of anilines is 1. The fourth-order valence-electron chi connectivity index (χ4n) is 4.19. The average molecular weight is 468 g/mol. The summed E-state index contributed by atoms with van der Waals surface area (Å²) in [5.74, 6) is -3.07. The maximum atomic E-state index is 13.4. The Morgan fingerprint density at radius 2 is 1.62 bits per heavy atom. The van der Waals surface area contributed by atoms with E-state index in [4.69, 9.17) is 0 Å². The average Bonchev–Trinajstić information content (AvgIpc) is 2.79. The number of phenolic OH excluding ortho intramolecular Hbond substituents is 1. The number of nitrogens with zero attached hydrogens (tertiary/aromatic N) is 1. The van der Waals surface area contributed by atoms with Gasteiger partial charge < -0.3 is 15.3 Å². The van der Waals surface area contributed by atoms with Gasteiger partial charge in [0.1, 0.15) is 23.2 Å². The number of phenols is 1. The lowest BCUT2D eigenvalue weighted by Crippen LogP contribution is -2.39. The number of piperidine rings is 1. The molecule has 2 N–H and O–H groups in total. The number of hydrogen-bond acceptors (Lipinski definition) is 3. The van der Waals surface area contributed by atoms with Gasteiger partial charge in [0.15, 0.2) is 0 Å². The molecule has 0 spiro atoms. The number of aromatic hydroxyl groups is 1. The highest BCUT2D eigenvalue weighted by Crippen LogP contribution is 2.27. The first-order chi connectivity index (χ1) is 16.3. The molecule has 0 atom stereocenters. The van der Waals surface area contributed by atoms with Gasteiger partial charge in [-0.15, -0.1) is 0 Å². The largest absolute Gasteiger partial charge is 0.507 e. The Kier molecular flexibility index (Phi) is 6.86. The second-order valence-corrected chi connectivity index (χ2v) is 8.41. The first-order valence-corrected chi connectivity index (χ1v) is 10.9. The zero-order valence-electron chi connectivity index (χ0n) is 18.2. The highest BCUT2D eigenvalue weighted by Gasteiger charge is 2.25. The van der Waals surface area contributed by atoms with Crippen LogP contribution in [0.25, 0.3) is 0 Å². The number of halogens is 3. The third-order valence-corrected chi connectivity index (χ3v) is 5.93. The molecular weight excluding hydrogens is 445 g/mol. The summed E-state index contributed by atoms with van der Waals surface area (Å²) in [7, 11) is 0. The van der Waals surface area contributed by atoms with Gasteiger partial charge in [0.25, 0.3) is 11.8 Å². The molecule has 176 valence electrons. The molecule has 1 aliphatic heterocycles. The fourth-order valence-corrected chi connectivity index (χ4v) is 4.19. The van der Waals surface area contributed by atoms with Gasteiger partial charge in [-0.2, -0.15) is 0 Å². The van der Waals surface area contributed by atoms with Crippen molar-refractivity contribution < 1.29 is 27.9 Å². The first kappa shape index (κ1) is 23.4. The topological polar surface area (TPSA) is 69.6 Å². The fraction of sp³-hybridized carbons (Fsp3) is 0.231. The van der Waals surface area contributed by atoms with Crippen LogP contribution in [0.15, 0.2) is 60.7 Å². The van der Waals surface area contributed by atoms with Crippen LogP contribution in [0.3, 0.4) is 0 Å². The van der Waals surface area contributed by atoms with Crippen molar-refractivity contribution >= 4 is 17.5 Å². The zero-order valence-corrected chi connectivity index (χ0v) is 18.2. The summed E-state index contributed by atoms with van der Waals surface area (Å²) in [5.41, 5.74) is 0.996. The Bertz CT molecular complexity index is 1200. The molecule has 5 nitrogen and oxygen atoms in total. The smallest absolute Gasteiger partial charge is 0.257 e. The molecule has 0 aliphatic carbocycles. The molecule has 0 aromatic heterocycles. The number of likely N-dealkylation sites (tertiary alicyclic amines) is 1. The van der Waals surface area contributed by atoms with E-state index in [1.807, 2.05) is 6.07 Å². The Morgan fingerprint density at radius 3 is 2.26 bits per heavy atom. The molecular formula is C26H23F3N2O3. The lowest BCUT2D eigenvalue weighted by Gasteiger charge is -2.32. The van der Waals surface area contributed by atoms with E-state index in [-0.39, 0.29) is 34.3 Å². The molecule has 1 aliphatic rings. The van der Waals surface area contributed by atoms with Crippen LogP contribution in [0.5, 0.6) is 5.75 Å². The van der Waals surface area contributed by atoms with Crippen LogP contribution in [0, 0.1) is 23.4 Å². The molecule has 1 saturated heterocycles. The number of amides is 2. The predicted octanol–water partition coefficient (Wildman–Crippen LogP) is 5.16. The SMILES string of the molecule is O=C(Nc1ccc(C(=O)N2CCC(Cc3cccc(F)c3)CC2)c(O)c1)c1cc(F)cc(F)c1. The molecule has 0 bridgehead atoms. The van der Waals surface area contributed by atoms with Gasteiger partial charge in [-0.05, 0) is 67.1 Å². The summed E-state index contributed by atoms with van der Waals surface area (Å²) in [6, 6.07) is 13.0. The monoisotopic (exact) mass is 468 g/mol. The van der Waals surface area contributed by atoms with E-state index >= 15 is 0 Å². The normalized spacial score (nSPS) is 14.1. The number of benzene rings is 3. The highest BCUT2D eigenvalue weighted by atomic mass is 19.1. The lowest BCUT2D eigenvalue weighted by molar-refractivity contribution is 0.0687. The molecule has 1 fully saturated rings. The van der Waals surface area contributed by atoms with Gasteiger partial charge in [0.05, 0.1) is 5.56 Å². The summed E-state index contributed by atoms with van der Waals surface area (Å²) in [6.45, 7) is 1.03. The molecule has 2 amide bonds. The third kappa shape index (κ3) is 5.57. The molecule has 1 heterocycles. The van der Waals surface area contributed by atoms with Crippen molar-refractivity contribution in [2.45, 2.75) is 19.3 Å². The van der Waals surface area contributed by atoms with Crippen LogP contribution >= 0.6 is 0 Å². The van der Waals surface area contributed by atoms with E-state index in [1.165, 1.54) is 30.3 Å². The van der Waals surface area contributed by atoms with Gasteiger partial charge in [-0.1, -0.05) is 12.1 Å². The maximum Gasteiger partial charge on any atom is 0.257 e. The molecule has 0 saturated carbocycles. The molecule has 4 rings (SSSR count). The van der Waals surface area contributed by atoms with Crippen LogP contribution < -0.4 is 5.32 Å². The van der Waals surface area contributed by atoms with Crippen LogP contribution in [0.2, 0.25) is 0 Å². The van der Waals surface area contributed by atoms with E-state index in [0.29, 0.717) is 25.1 Å². The summed E-state index contributed by atoms with van der Waals surface area (Å²) in [5, 5.41) is 12.8. The number of carbonyl (C=O) groups excluding carboxylic acids is 2. The molecule has 3 aromatic carbocycles.